The fourth-order valence-corrected chi connectivity index (χ4v) is 10.7. The van der Waals surface area contributed by atoms with Crippen LogP contribution in [0.5, 0.6) is 0 Å². The molecule has 220 valence electrons. The van der Waals surface area contributed by atoms with Crippen molar-refractivity contribution >= 4 is 18.7 Å². The van der Waals surface area contributed by atoms with Crippen molar-refractivity contribution in [2.45, 2.75) is 63.3 Å². The van der Waals surface area contributed by atoms with E-state index in [0.717, 1.165) is 11.1 Å². The second-order valence-corrected chi connectivity index (χ2v) is 16.4. The van der Waals surface area contributed by atoms with Crippen LogP contribution in [-0.2, 0) is 27.1 Å². The fourth-order valence-electron chi connectivity index (χ4n) is 6.15. The van der Waals surface area contributed by atoms with Crippen molar-refractivity contribution in [3.63, 3.8) is 0 Å². The van der Waals surface area contributed by atoms with Gasteiger partial charge in [-0.05, 0) is 26.5 Å². The van der Waals surface area contributed by atoms with E-state index in [9.17, 15) is 5.11 Å². The summed E-state index contributed by atoms with van der Waals surface area (Å²) in [6.07, 6.45) is -0.657. The van der Waals surface area contributed by atoms with Crippen LogP contribution in [0.3, 0.4) is 0 Å². The minimum absolute atomic E-state index is 0.0552. The van der Waals surface area contributed by atoms with Crippen LogP contribution in [0.2, 0.25) is 5.04 Å². The lowest BCUT2D eigenvalue weighted by Gasteiger charge is -2.43. The van der Waals surface area contributed by atoms with E-state index in [4.69, 9.17) is 13.9 Å². The van der Waals surface area contributed by atoms with Gasteiger partial charge < -0.3 is 24.3 Å². The predicted octanol–water partition coefficient (Wildman–Crippen LogP) is 5.07. The summed E-state index contributed by atoms with van der Waals surface area (Å²) < 4.78 is 20.4. The summed E-state index contributed by atoms with van der Waals surface area (Å²) in [6, 6.07) is 41.2. The first-order valence-corrected chi connectivity index (χ1v) is 16.8. The van der Waals surface area contributed by atoms with Gasteiger partial charge in [-0.2, -0.15) is 0 Å². The normalized spacial score (nSPS) is 21.0. The molecule has 6 heteroatoms. The minimum atomic E-state index is -2.76. The molecule has 0 aliphatic carbocycles. The zero-order valence-corrected chi connectivity index (χ0v) is 25.9. The molecule has 0 unspecified atom stereocenters. The smallest absolute Gasteiger partial charge is 0.261 e. The predicted molar refractivity (Wildman–Crippen MR) is 171 cm³/mol. The molecule has 4 aromatic rings. The zero-order chi connectivity index (χ0) is 29.4. The van der Waals surface area contributed by atoms with Crippen LogP contribution in [0.15, 0.2) is 121 Å². The highest BCUT2D eigenvalue weighted by Gasteiger charge is 2.52. The van der Waals surface area contributed by atoms with Crippen LogP contribution in [0, 0.1) is 0 Å². The molecule has 0 aromatic heterocycles. The molecule has 5 rings (SSSR count). The van der Waals surface area contributed by atoms with Gasteiger partial charge in [0.25, 0.3) is 8.32 Å². The summed E-state index contributed by atoms with van der Waals surface area (Å²) in [5, 5.41) is 16.4. The van der Waals surface area contributed by atoms with E-state index in [1.165, 1.54) is 10.4 Å². The second kappa shape index (κ2) is 13.9. The third-order valence-electron chi connectivity index (χ3n) is 8.21. The van der Waals surface area contributed by atoms with Gasteiger partial charge in [0.2, 0.25) is 0 Å². The maximum Gasteiger partial charge on any atom is 0.261 e. The second-order valence-electron chi connectivity index (χ2n) is 12.1. The molecule has 1 heterocycles. The Labute approximate surface area is 251 Å². The number of rotatable bonds is 12. The van der Waals surface area contributed by atoms with E-state index in [1.807, 2.05) is 36.4 Å². The van der Waals surface area contributed by atoms with Gasteiger partial charge in [0, 0.05) is 0 Å². The van der Waals surface area contributed by atoms with Crippen LogP contribution in [0.4, 0.5) is 0 Å². The lowest BCUT2D eigenvalue weighted by molar-refractivity contribution is -0.0851. The maximum absolute atomic E-state index is 10.4. The van der Waals surface area contributed by atoms with Gasteiger partial charge in [0.15, 0.2) is 0 Å². The molecule has 1 saturated heterocycles. The van der Waals surface area contributed by atoms with Gasteiger partial charge in [-0.25, -0.2) is 0 Å². The quantitative estimate of drug-likeness (QED) is 0.229. The molecule has 4 aromatic carbocycles. The van der Waals surface area contributed by atoms with Crippen LogP contribution in [0.1, 0.15) is 31.9 Å². The molecule has 2 N–H and O–H groups in total. The van der Waals surface area contributed by atoms with Gasteiger partial charge in [0.05, 0.1) is 38.5 Å². The molecule has 1 aliphatic heterocycles. The summed E-state index contributed by atoms with van der Waals surface area (Å²) in [7, 11) is -2.76. The van der Waals surface area contributed by atoms with E-state index in [-0.39, 0.29) is 35.9 Å². The molecule has 5 nitrogen and oxygen atoms in total. The molecule has 0 amide bonds. The van der Waals surface area contributed by atoms with Gasteiger partial charge in [-0.3, -0.25) is 0 Å². The lowest BCUT2D eigenvalue weighted by Crippen LogP contribution is -2.67. The SMILES string of the molecule is CC(C)(C)[Si](OC[C@H]1N[C@@H](CO)[C@H](OCc2ccccc2)[C@@H]1OCc1ccccc1)(c1ccccc1)c1ccccc1. The average molecular weight is 582 g/mol. The third kappa shape index (κ3) is 6.75. The highest BCUT2D eigenvalue weighted by atomic mass is 28.4. The molecule has 0 saturated carbocycles. The molecule has 0 spiro atoms. The largest absolute Gasteiger partial charge is 0.406 e. The zero-order valence-electron chi connectivity index (χ0n) is 24.9. The van der Waals surface area contributed by atoms with Crippen molar-refractivity contribution in [3.05, 3.63) is 132 Å². The minimum Gasteiger partial charge on any atom is -0.406 e. The number of aliphatic hydroxyl groups excluding tert-OH is 1. The van der Waals surface area contributed by atoms with Crippen molar-refractivity contribution in [1.29, 1.82) is 0 Å². The van der Waals surface area contributed by atoms with E-state index >= 15 is 0 Å². The van der Waals surface area contributed by atoms with Crippen molar-refractivity contribution in [3.8, 4) is 0 Å². The van der Waals surface area contributed by atoms with Gasteiger partial charge in [-0.15, -0.1) is 0 Å². The van der Waals surface area contributed by atoms with Crippen molar-refractivity contribution < 1.29 is 19.0 Å². The molecular weight excluding hydrogens is 538 g/mol. The van der Waals surface area contributed by atoms with Gasteiger partial charge >= 0.3 is 0 Å². The molecular formula is C36H43NO4Si. The van der Waals surface area contributed by atoms with E-state index in [0.29, 0.717) is 19.8 Å². The molecule has 1 aliphatic rings. The van der Waals surface area contributed by atoms with E-state index < -0.39 is 8.32 Å². The first-order chi connectivity index (χ1) is 20.4. The Balaban J connectivity index is 1.45. The first-order valence-electron chi connectivity index (χ1n) is 14.9. The van der Waals surface area contributed by atoms with Crippen LogP contribution >= 0.6 is 0 Å². The number of nitrogens with one attached hydrogen (secondary N) is 1. The molecule has 42 heavy (non-hydrogen) atoms. The molecule has 4 atom stereocenters. The van der Waals surface area contributed by atoms with Crippen molar-refractivity contribution in [1.82, 2.24) is 5.32 Å². The summed E-state index contributed by atoms with van der Waals surface area (Å²) in [5.74, 6) is 0. The number of aliphatic hydroxyl groups is 1. The third-order valence-corrected chi connectivity index (χ3v) is 13.2. The monoisotopic (exact) mass is 581 g/mol. The van der Waals surface area contributed by atoms with Gasteiger partial charge in [-0.1, -0.05) is 142 Å². The highest BCUT2D eigenvalue weighted by Crippen LogP contribution is 2.37. The van der Waals surface area contributed by atoms with Crippen LogP contribution in [0.25, 0.3) is 0 Å². The summed E-state index contributed by atoms with van der Waals surface area (Å²) >= 11 is 0. The fraction of sp³-hybridized carbons (Fsp3) is 0.333. The maximum atomic E-state index is 10.4. The summed E-state index contributed by atoms with van der Waals surface area (Å²) in [4.78, 5) is 0. The summed E-state index contributed by atoms with van der Waals surface area (Å²) in [6.45, 7) is 8.12. The first kappa shape index (κ1) is 30.4. The number of ether oxygens (including phenoxy) is 2. The highest BCUT2D eigenvalue weighted by molar-refractivity contribution is 6.99. The average Bonchev–Trinajstić information content (AvgIpc) is 3.37. The Morgan fingerprint density at radius 2 is 1.02 bits per heavy atom. The number of benzene rings is 4. The van der Waals surface area contributed by atoms with Crippen LogP contribution < -0.4 is 15.7 Å². The molecule has 0 bridgehead atoms. The molecule has 0 radical (unpaired) electrons. The Hall–Kier alpha value is -3.10. The Bertz CT molecular complexity index is 1310. The summed E-state index contributed by atoms with van der Waals surface area (Å²) in [5.41, 5.74) is 2.18. The topological polar surface area (TPSA) is 60.0 Å². The van der Waals surface area contributed by atoms with Gasteiger partial charge in [0.1, 0.15) is 12.2 Å². The Morgan fingerprint density at radius 1 is 0.619 bits per heavy atom. The Kier molecular flexibility index (Phi) is 10.1. The van der Waals surface area contributed by atoms with Crippen molar-refractivity contribution in [2.75, 3.05) is 13.2 Å². The Morgan fingerprint density at radius 3 is 1.43 bits per heavy atom. The standard InChI is InChI=1S/C36H43NO4Si/c1-36(2,3)42(30-20-12-6-13-21-30,31-22-14-7-15-23-31)41-27-33-35(40-26-29-18-10-5-11-19-29)34(32(24-38)37-33)39-25-28-16-8-4-9-17-28/h4-23,32-35,37-38H,24-27H2,1-3H3/t32-,33+,34-,35+/m0/s1. The molecule has 1 fully saturated rings. The van der Waals surface area contributed by atoms with E-state index in [1.54, 1.807) is 0 Å². The van der Waals surface area contributed by atoms with Crippen LogP contribution in [-0.4, -0.2) is 50.9 Å². The lowest BCUT2D eigenvalue weighted by atomic mass is 10.1. The van der Waals surface area contributed by atoms with E-state index in [2.05, 4.69) is 111 Å². The number of hydrogen-bond donors (Lipinski definition) is 2. The number of hydrogen-bond acceptors (Lipinski definition) is 5. The van der Waals surface area contributed by atoms with Crippen molar-refractivity contribution in [2.24, 2.45) is 0 Å².